The van der Waals surface area contributed by atoms with E-state index in [9.17, 15) is 9.59 Å². The van der Waals surface area contributed by atoms with Crippen LogP contribution >= 0.6 is 0 Å². The normalized spacial score (nSPS) is 12.8. The maximum Gasteiger partial charge on any atom is 0.258 e. The Bertz CT molecular complexity index is 1140. The highest BCUT2D eigenvalue weighted by Crippen LogP contribution is 2.30. The van der Waals surface area contributed by atoms with Crippen LogP contribution in [-0.4, -0.2) is 37.4 Å². The smallest absolute Gasteiger partial charge is 0.258 e. The average molecular weight is 429 g/mol. The van der Waals surface area contributed by atoms with Gasteiger partial charge in [0.25, 0.3) is 11.8 Å². The Morgan fingerprint density at radius 1 is 1.03 bits per heavy atom. The molecule has 0 bridgehead atoms. The molecule has 4 rings (SSSR count). The number of carbonyl (C=O) groups excluding carboxylic acids is 2. The predicted octanol–water partition coefficient (Wildman–Crippen LogP) is 4.87. The summed E-state index contributed by atoms with van der Waals surface area (Å²) >= 11 is 0. The Hall–Kier alpha value is -3.60. The minimum Gasteiger partial charge on any atom is -0.497 e. The first-order valence-corrected chi connectivity index (χ1v) is 10.9. The summed E-state index contributed by atoms with van der Waals surface area (Å²) in [5, 5.41) is 0. The van der Waals surface area contributed by atoms with Crippen molar-refractivity contribution in [3.05, 3.63) is 94.5 Å². The van der Waals surface area contributed by atoms with Crippen molar-refractivity contribution in [2.24, 2.45) is 0 Å². The fraction of sp³-hybridized carbons (Fsp3) is 0.259. The van der Waals surface area contributed by atoms with Gasteiger partial charge in [-0.25, -0.2) is 0 Å². The van der Waals surface area contributed by atoms with E-state index in [0.717, 1.165) is 46.5 Å². The second kappa shape index (κ2) is 9.27. The molecule has 0 fully saturated rings. The molecule has 1 aliphatic rings. The van der Waals surface area contributed by atoms with Crippen LogP contribution in [0.25, 0.3) is 0 Å². The number of carbonyl (C=O) groups is 2. The number of anilines is 1. The van der Waals surface area contributed by atoms with Gasteiger partial charge in [-0.2, -0.15) is 0 Å². The number of amides is 2. The molecule has 3 aromatic carbocycles. The Morgan fingerprint density at radius 3 is 2.50 bits per heavy atom. The SMILES string of the molecule is COc1ccc(CN(C)C(=O)c2ccc3c(c2)CCCN3C(=O)c2ccccc2C)cc1. The minimum atomic E-state index is -0.0361. The first-order valence-electron chi connectivity index (χ1n) is 10.9. The van der Waals surface area contributed by atoms with Gasteiger partial charge in [0.15, 0.2) is 0 Å². The molecule has 32 heavy (non-hydrogen) atoms. The number of hydrogen-bond acceptors (Lipinski definition) is 3. The van der Waals surface area contributed by atoms with Crippen molar-refractivity contribution in [1.82, 2.24) is 4.90 Å². The van der Waals surface area contributed by atoms with Crippen LogP contribution in [0.4, 0.5) is 5.69 Å². The van der Waals surface area contributed by atoms with E-state index in [0.29, 0.717) is 18.7 Å². The van der Waals surface area contributed by atoms with E-state index < -0.39 is 0 Å². The van der Waals surface area contributed by atoms with Gasteiger partial charge in [-0.15, -0.1) is 0 Å². The lowest BCUT2D eigenvalue weighted by Gasteiger charge is -2.30. The maximum atomic E-state index is 13.2. The zero-order valence-electron chi connectivity index (χ0n) is 18.8. The first-order chi connectivity index (χ1) is 15.5. The Balaban J connectivity index is 1.53. The third kappa shape index (κ3) is 4.37. The number of methoxy groups -OCH3 is 1. The summed E-state index contributed by atoms with van der Waals surface area (Å²) in [5.41, 5.74) is 5.32. The highest BCUT2D eigenvalue weighted by molar-refractivity contribution is 6.08. The fourth-order valence-corrected chi connectivity index (χ4v) is 4.20. The topological polar surface area (TPSA) is 49.9 Å². The molecule has 0 N–H and O–H groups in total. The summed E-state index contributed by atoms with van der Waals surface area (Å²) in [5.74, 6) is 0.771. The van der Waals surface area contributed by atoms with E-state index in [2.05, 4.69) is 0 Å². The molecular weight excluding hydrogens is 400 g/mol. The summed E-state index contributed by atoms with van der Waals surface area (Å²) in [6.45, 7) is 3.15. The molecule has 0 unspecified atom stereocenters. The van der Waals surface area contributed by atoms with Gasteiger partial charge in [0.2, 0.25) is 0 Å². The van der Waals surface area contributed by atoms with Crippen LogP contribution in [0, 0.1) is 6.92 Å². The summed E-state index contributed by atoms with van der Waals surface area (Å²) < 4.78 is 5.20. The average Bonchev–Trinajstić information content (AvgIpc) is 2.83. The quantitative estimate of drug-likeness (QED) is 0.583. The van der Waals surface area contributed by atoms with Gasteiger partial charge < -0.3 is 14.5 Å². The molecule has 2 amide bonds. The summed E-state index contributed by atoms with van der Waals surface area (Å²) in [6, 6.07) is 21.1. The zero-order valence-corrected chi connectivity index (χ0v) is 18.8. The molecule has 0 atom stereocenters. The molecule has 0 saturated carbocycles. The van der Waals surface area contributed by atoms with Crippen molar-refractivity contribution in [2.45, 2.75) is 26.3 Å². The van der Waals surface area contributed by atoms with Gasteiger partial charge in [-0.05, 0) is 72.9 Å². The zero-order chi connectivity index (χ0) is 22.7. The van der Waals surface area contributed by atoms with Gasteiger partial charge in [0.05, 0.1) is 7.11 Å². The molecule has 1 heterocycles. The molecule has 0 aliphatic carbocycles. The Labute approximate surface area is 189 Å². The molecule has 5 nitrogen and oxygen atoms in total. The van der Waals surface area contributed by atoms with Gasteiger partial charge in [-0.3, -0.25) is 9.59 Å². The number of rotatable bonds is 5. The summed E-state index contributed by atoms with van der Waals surface area (Å²) in [7, 11) is 3.44. The highest BCUT2D eigenvalue weighted by atomic mass is 16.5. The molecule has 164 valence electrons. The summed E-state index contributed by atoms with van der Waals surface area (Å²) in [4.78, 5) is 29.8. The van der Waals surface area contributed by atoms with Gasteiger partial charge in [0, 0.05) is 37.0 Å². The Morgan fingerprint density at radius 2 is 1.78 bits per heavy atom. The first kappa shape index (κ1) is 21.6. The van der Waals surface area contributed by atoms with Crippen LogP contribution in [0.2, 0.25) is 0 Å². The van der Waals surface area contributed by atoms with Crippen LogP contribution in [-0.2, 0) is 13.0 Å². The Kier molecular flexibility index (Phi) is 6.26. The van der Waals surface area contributed by atoms with Crippen LogP contribution in [0.3, 0.4) is 0 Å². The third-order valence-corrected chi connectivity index (χ3v) is 5.99. The monoisotopic (exact) mass is 428 g/mol. The van der Waals surface area contributed by atoms with Crippen molar-refractivity contribution in [1.29, 1.82) is 0 Å². The largest absolute Gasteiger partial charge is 0.497 e. The van der Waals surface area contributed by atoms with Gasteiger partial charge >= 0.3 is 0 Å². The number of nitrogens with zero attached hydrogens (tertiary/aromatic N) is 2. The van der Waals surface area contributed by atoms with E-state index >= 15 is 0 Å². The second-order valence-electron chi connectivity index (χ2n) is 8.23. The number of ether oxygens (including phenoxy) is 1. The standard InChI is InChI=1S/C27H28N2O3/c1-19-7-4-5-9-24(19)27(31)29-16-6-8-21-17-22(12-15-25(21)29)26(30)28(2)18-20-10-13-23(32-3)14-11-20/h4-5,7,9-15,17H,6,8,16,18H2,1-3H3. The van der Waals surface area contributed by atoms with E-state index in [-0.39, 0.29) is 11.8 Å². The van der Waals surface area contributed by atoms with E-state index in [1.165, 1.54) is 0 Å². The van der Waals surface area contributed by atoms with Crippen LogP contribution in [0.15, 0.2) is 66.7 Å². The molecule has 0 spiro atoms. The number of hydrogen-bond donors (Lipinski definition) is 0. The summed E-state index contributed by atoms with van der Waals surface area (Å²) in [6.07, 6.45) is 1.74. The van der Waals surface area contributed by atoms with Crippen LogP contribution < -0.4 is 9.64 Å². The highest BCUT2D eigenvalue weighted by Gasteiger charge is 2.25. The van der Waals surface area contributed by atoms with Crippen molar-refractivity contribution < 1.29 is 14.3 Å². The van der Waals surface area contributed by atoms with Crippen molar-refractivity contribution in [3.63, 3.8) is 0 Å². The number of fused-ring (bicyclic) bond motifs is 1. The van der Waals surface area contributed by atoms with Gasteiger partial charge in [0.1, 0.15) is 5.75 Å². The van der Waals surface area contributed by atoms with Crippen molar-refractivity contribution in [3.8, 4) is 5.75 Å². The van der Waals surface area contributed by atoms with Crippen molar-refractivity contribution >= 4 is 17.5 Å². The predicted molar refractivity (Wildman–Crippen MR) is 126 cm³/mol. The lowest BCUT2D eigenvalue weighted by Crippen LogP contribution is -2.36. The lowest BCUT2D eigenvalue weighted by atomic mass is 9.97. The lowest BCUT2D eigenvalue weighted by molar-refractivity contribution is 0.0785. The van der Waals surface area contributed by atoms with E-state index in [1.807, 2.05) is 78.6 Å². The molecule has 3 aromatic rings. The molecule has 0 saturated heterocycles. The van der Waals surface area contributed by atoms with Crippen molar-refractivity contribution in [2.75, 3.05) is 25.6 Å². The number of benzene rings is 3. The molecule has 5 heteroatoms. The van der Waals surface area contributed by atoms with E-state index in [4.69, 9.17) is 4.74 Å². The fourth-order valence-electron chi connectivity index (χ4n) is 4.20. The number of aryl methyl sites for hydroxylation is 2. The molecule has 0 radical (unpaired) electrons. The second-order valence-corrected chi connectivity index (χ2v) is 8.23. The molecular formula is C27H28N2O3. The van der Waals surface area contributed by atoms with Gasteiger partial charge in [-0.1, -0.05) is 30.3 Å². The molecule has 0 aromatic heterocycles. The third-order valence-electron chi connectivity index (χ3n) is 5.99. The minimum absolute atomic E-state index is 0.0137. The van der Waals surface area contributed by atoms with Crippen LogP contribution in [0.5, 0.6) is 5.75 Å². The maximum absolute atomic E-state index is 13.2. The van der Waals surface area contributed by atoms with E-state index in [1.54, 1.807) is 19.1 Å². The molecule has 1 aliphatic heterocycles. The van der Waals surface area contributed by atoms with Crippen LogP contribution in [0.1, 0.15) is 43.8 Å².